The fourth-order valence-corrected chi connectivity index (χ4v) is 4.87. The standard InChI is InChI=1S/C18H19ClN2S2/c1-4-5-8-22-18-20-16(19)15-14(10-23-17(15)21-18)13-7-6-11(2)9-12(13)3/h6-7,9-10H,4-5,8H2,1-3H3. The van der Waals surface area contributed by atoms with E-state index in [9.17, 15) is 0 Å². The van der Waals surface area contributed by atoms with Crippen molar-refractivity contribution in [3.63, 3.8) is 0 Å². The molecule has 0 spiro atoms. The summed E-state index contributed by atoms with van der Waals surface area (Å²) in [6.07, 6.45) is 2.35. The number of benzene rings is 1. The van der Waals surface area contributed by atoms with Crippen molar-refractivity contribution in [2.75, 3.05) is 5.75 Å². The zero-order chi connectivity index (χ0) is 16.4. The van der Waals surface area contributed by atoms with E-state index in [2.05, 4.69) is 54.3 Å². The molecule has 2 aromatic heterocycles. The number of aryl methyl sites for hydroxylation is 2. The van der Waals surface area contributed by atoms with Crippen molar-refractivity contribution in [1.82, 2.24) is 9.97 Å². The molecule has 0 unspecified atom stereocenters. The van der Waals surface area contributed by atoms with Gasteiger partial charge in [0.2, 0.25) is 0 Å². The number of thioether (sulfide) groups is 1. The van der Waals surface area contributed by atoms with Crippen molar-refractivity contribution >= 4 is 44.9 Å². The number of halogens is 1. The average molecular weight is 363 g/mol. The van der Waals surface area contributed by atoms with Gasteiger partial charge in [-0.05, 0) is 31.4 Å². The van der Waals surface area contributed by atoms with Crippen molar-refractivity contribution in [3.8, 4) is 11.1 Å². The van der Waals surface area contributed by atoms with Gasteiger partial charge >= 0.3 is 0 Å². The first-order valence-corrected chi connectivity index (χ1v) is 9.99. The van der Waals surface area contributed by atoms with E-state index in [0.29, 0.717) is 5.15 Å². The second kappa shape index (κ2) is 7.20. The van der Waals surface area contributed by atoms with E-state index in [-0.39, 0.29) is 0 Å². The first-order valence-electron chi connectivity index (χ1n) is 7.75. The quantitative estimate of drug-likeness (QED) is 0.223. The lowest BCUT2D eigenvalue weighted by atomic mass is 9.99. The number of thiophene rings is 1. The van der Waals surface area contributed by atoms with Crippen LogP contribution in [-0.2, 0) is 0 Å². The third kappa shape index (κ3) is 3.54. The summed E-state index contributed by atoms with van der Waals surface area (Å²) in [5.41, 5.74) is 4.86. The molecule has 1 aromatic carbocycles. The summed E-state index contributed by atoms with van der Waals surface area (Å²) in [5.74, 6) is 1.04. The van der Waals surface area contributed by atoms with Gasteiger partial charge in [0.1, 0.15) is 9.98 Å². The van der Waals surface area contributed by atoms with Gasteiger partial charge in [0.25, 0.3) is 0 Å². The van der Waals surface area contributed by atoms with Gasteiger partial charge in [0.05, 0.1) is 5.39 Å². The zero-order valence-corrected chi connectivity index (χ0v) is 15.9. The number of rotatable bonds is 5. The summed E-state index contributed by atoms with van der Waals surface area (Å²) in [4.78, 5) is 10.2. The Labute approximate surface area is 150 Å². The number of nitrogens with zero attached hydrogens (tertiary/aromatic N) is 2. The smallest absolute Gasteiger partial charge is 0.190 e. The maximum atomic E-state index is 6.50. The Kier molecular flexibility index (Phi) is 5.24. The molecule has 0 radical (unpaired) electrons. The summed E-state index contributed by atoms with van der Waals surface area (Å²) in [5, 5.41) is 4.46. The highest BCUT2D eigenvalue weighted by molar-refractivity contribution is 7.99. The molecule has 3 rings (SSSR count). The monoisotopic (exact) mass is 362 g/mol. The van der Waals surface area contributed by atoms with E-state index < -0.39 is 0 Å². The summed E-state index contributed by atoms with van der Waals surface area (Å²) in [6.45, 7) is 6.43. The molecule has 0 bridgehead atoms. The normalized spacial score (nSPS) is 11.3. The molecular weight excluding hydrogens is 344 g/mol. The van der Waals surface area contributed by atoms with E-state index in [4.69, 9.17) is 11.6 Å². The molecule has 0 saturated heterocycles. The van der Waals surface area contributed by atoms with Crippen LogP contribution in [-0.4, -0.2) is 15.7 Å². The van der Waals surface area contributed by atoms with Gasteiger partial charge in [-0.15, -0.1) is 11.3 Å². The van der Waals surface area contributed by atoms with Crippen LogP contribution in [0.5, 0.6) is 0 Å². The van der Waals surface area contributed by atoms with Crippen LogP contribution in [0.1, 0.15) is 30.9 Å². The number of unbranched alkanes of at least 4 members (excludes halogenated alkanes) is 1. The summed E-state index contributed by atoms with van der Waals surface area (Å²) >= 11 is 9.82. The van der Waals surface area contributed by atoms with Crippen molar-refractivity contribution in [2.45, 2.75) is 38.8 Å². The molecule has 0 aliphatic carbocycles. The van der Waals surface area contributed by atoms with E-state index in [1.807, 2.05) is 0 Å². The fourth-order valence-electron chi connectivity index (χ4n) is 2.57. The molecule has 5 heteroatoms. The Bertz CT molecular complexity index is 842. The molecule has 0 N–H and O–H groups in total. The number of hydrogen-bond donors (Lipinski definition) is 0. The molecule has 120 valence electrons. The lowest BCUT2D eigenvalue weighted by Crippen LogP contribution is -1.90. The van der Waals surface area contributed by atoms with E-state index >= 15 is 0 Å². The van der Waals surface area contributed by atoms with E-state index in [0.717, 1.165) is 26.7 Å². The molecule has 0 aliphatic rings. The fraction of sp³-hybridized carbons (Fsp3) is 0.333. The Morgan fingerprint density at radius 1 is 1.17 bits per heavy atom. The van der Waals surface area contributed by atoms with Crippen molar-refractivity contribution in [2.24, 2.45) is 0 Å². The van der Waals surface area contributed by atoms with Gasteiger partial charge in [0.15, 0.2) is 5.16 Å². The van der Waals surface area contributed by atoms with Crippen LogP contribution in [0.3, 0.4) is 0 Å². The first-order chi connectivity index (χ1) is 11.1. The molecule has 0 fully saturated rings. The van der Waals surface area contributed by atoms with Gasteiger partial charge in [-0.1, -0.05) is 60.5 Å². The Balaban J connectivity index is 2.03. The largest absolute Gasteiger partial charge is 0.211 e. The van der Waals surface area contributed by atoms with Gasteiger partial charge in [-0.3, -0.25) is 0 Å². The maximum Gasteiger partial charge on any atom is 0.190 e. The second-order valence-corrected chi connectivity index (χ2v) is 7.93. The molecule has 3 aromatic rings. The van der Waals surface area contributed by atoms with Crippen molar-refractivity contribution < 1.29 is 0 Å². The predicted molar refractivity (Wildman–Crippen MR) is 103 cm³/mol. The minimum atomic E-state index is 0.560. The maximum absolute atomic E-state index is 6.50. The van der Waals surface area contributed by atoms with Crippen LogP contribution in [0.25, 0.3) is 21.3 Å². The van der Waals surface area contributed by atoms with Crippen molar-refractivity contribution in [3.05, 3.63) is 39.9 Å². The first kappa shape index (κ1) is 16.7. The lowest BCUT2D eigenvalue weighted by molar-refractivity contribution is 0.891. The van der Waals surface area contributed by atoms with Crippen LogP contribution >= 0.6 is 34.7 Å². The predicted octanol–water partition coefficient (Wildman–Crippen LogP) is 6.52. The Morgan fingerprint density at radius 2 is 2.00 bits per heavy atom. The number of fused-ring (bicyclic) bond motifs is 1. The van der Waals surface area contributed by atoms with E-state index in [1.54, 1.807) is 23.1 Å². The SMILES string of the molecule is CCCCSc1nc(Cl)c2c(-c3ccc(C)cc3C)csc2n1. The Morgan fingerprint density at radius 3 is 2.74 bits per heavy atom. The molecule has 23 heavy (non-hydrogen) atoms. The van der Waals surface area contributed by atoms with Crippen LogP contribution in [0, 0.1) is 13.8 Å². The third-order valence-corrected chi connectivity index (χ3v) is 5.85. The zero-order valence-electron chi connectivity index (χ0n) is 13.5. The second-order valence-electron chi connectivity index (χ2n) is 5.65. The van der Waals surface area contributed by atoms with Crippen LogP contribution in [0.2, 0.25) is 5.15 Å². The minimum absolute atomic E-state index is 0.560. The highest BCUT2D eigenvalue weighted by atomic mass is 35.5. The number of aromatic nitrogens is 2. The van der Waals surface area contributed by atoms with Crippen LogP contribution in [0.15, 0.2) is 28.7 Å². The van der Waals surface area contributed by atoms with Gasteiger partial charge in [-0.2, -0.15) is 0 Å². The molecule has 0 saturated carbocycles. The summed E-state index contributed by atoms with van der Waals surface area (Å²) in [7, 11) is 0. The lowest BCUT2D eigenvalue weighted by Gasteiger charge is -2.07. The topological polar surface area (TPSA) is 25.8 Å². The van der Waals surface area contributed by atoms with Crippen LogP contribution < -0.4 is 0 Å². The summed E-state index contributed by atoms with van der Waals surface area (Å²) < 4.78 is 0. The van der Waals surface area contributed by atoms with Gasteiger partial charge in [0, 0.05) is 16.7 Å². The molecule has 0 aliphatic heterocycles. The Hall–Kier alpha value is -1.10. The van der Waals surface area contributed by atoms with E-state index in [1.165, 1.54) is 29.5 Å². The highest BCUT2D eigenvalue weighted by Crippen LogP contribution is 2.39. The van der Waals surface area contributed by atoms with Gasteiger partial charge < -0.3 is 0 Å². The van der Waals surface area contributed by atoms with Gasteiger partial charge in [-0.25, -0.2) is 9.97 Å². The highest BCUT2D eigenvalue weighted by Gasteiger charge is 2.15. The third-order valence-electron chi connectivity index (χ3n) is 3.77. The molecule has 0 amide bonds. The minimum Gasteiger partial charge on any atom is -0.211 e. The average Bonchev–Trinajstić information content (AvgIpc) is 2.92. The number of hydrogen-bond acceptors (Lipinski definition) is 4. The molecular formula is C18H19ClN2S2. The van der Waals surface area contributed by atoms with Crippen molar-refractivity contribution in [1.29, 1.82) is 0 Å². The van der Waals surface area contributed by atoms with Crippen LogP contribution in [0.4, 0.5) is 0 Å². The summed E-state index contributed by atoms with van der Waals surface area (Å²) in [6, 6.07) is 6.49. The molecule has 2 heterocycles. The molecule has 0 atom stereocenters. The molecule has 2 nitrogen and oxygen atoms in total.